The van der Waals surface area contributed by atoms with Gasteiger partial charge >= 0.3 is 0 Å². The lowest BCUT2D eigenvalue weighted by molar-refractivity contribution is 0.122. The molecule has 2 saturated heterocycles. The highest BCUT2D eigenvalue weighted by Crippen LogP contribution is 2.30. The Labute approximate surface area is 171 Å². The lowest BCUT2D eigenvalue weighted by atomic mass is 10.0. The smallest absolute Gasteiger partial charge is 0.136 e. The van der Waals surface area contributed by atoms with Crippen molar-refractivity contribution in [2.24, 2.45) is 0 Å². The van der Waals surface area contributed by atoms with Gasteiger partial charge in [0.15, 0.2) is 0 Å². The maximum Gasteiger partial charge on any atom is 0.136 e. The first-order valence-electron chi connectivity index (χ1n) is 10.6. The molecule has 2 aliphatic rings. The molecule has 1 N–H and O–H groups in total. The van der Waals surface area contributed by atoms with E-state index >= 15 is 0 Å². The molecule has 2 aliphatic heterocycles. The van der Waals surface area contributed by atoms with Crippen LogP contribution in [0.4, 0.5) is 5.82 Å². The van der Waals surface area contributed by atoms with Gasteiger partial charge in [0, 0.05) is 24.7 Å². The Bertz CT molecular complexity index is 962. The molecule has 150 valence electrons. The second kappa shape index (κ2) is 8.39. The zero-order chi connectivity index (χ0) is 19.5. The molecule has 0 saturated carbocycles. The number of nitrogens with one attached hydrogen (secondary N) is 1. The third kappa shape index (κ3) is 4.07. The second-order valence-electron chi connectivity index (χ2n) is 7.76. The second-order valence-corrected chi connectivity index (χ2v) is 7.76. The van der Waals surface area contributed by atoms with E-state index in [4.69, 9.17) is 9.47 Å². The molecule has 0 amide bonds. The van der Waals surface area contributed by atoms with Gasteiger partial charge in [0.25, 0.3) is 0 Å². The van der Waals surface area contributed by atoms with Crippen LogP contribution in [0, 0.1) is 0 Å². The lowest BCUT2D eigenvalue weighted by Crippen LogP contribution is -2.36. The molecular formula is C24H27N3O2. The topological polar surface area (TPSA) is 46.6 Å². The third-order valence-corrected chi connectivity index (χ3v) is 5.83. The molecule has 0 bridgehead atoms. The average Bonchev–Trinajstić information content (AvgIpc) is 2.80. The summed E-state index contributed by atoms with van der Waals surface area (Å²) in [7, 11) is 0. The minimum Gasteiger partial charge on any atom is -0.490 e. The van der Waals surface area contributed by atoms with Crippen molar-refractivity contribution in [2.75, 3.05) is 44.3 Å². The van der Waals surface area contributed by atoms with E-state index in [0.717, 1.165) is 63.8 Å². The number of hydrogen-bond donors (Lipinski definition) is 1. The van der Waals surface area contributed by atoms with Gasteiger partial charge < -0.3 is 19.7 Å². The van der Waals surface area contributed by atoms with Gasteiger partial charge in [-0.3, -0.25) is 0 Å². The summed E-state index contributed by atoms with van der Waals surface area (Å²) < 4.78 is 11.6. The van der Waals surface area contributed by atoms with Crippen LogP contribution in [-0.4, -0.2) is 50.5 Å². The Kier molecular flexibility index (Phi) is 5.33. The minimum absolute atomic E-state index is 0.328. The van der Waals surface area contributed by atoms with E-state index in [0.29, 0.717) is 6.10 Å². The predicted molar refractivity (Wildman–Crippen MR) is 117 cm³/mol. The first-order valence-corrected chi connectivity index (χ1v) is 10.6. The predicted octanol–water partition coefficient (Wildman–Crippen LogP) is 3.87. The van der Waals surface area contributed by atoms with Crippen LogP contribution >= 0.6 is 0 Å². The first-order chi connectivity index (χ1) is 14.4. The van der Waals surface area contributed by atoms with Gasteiger partial charge in [-0.25, -0.2) is 4.98 Å². The molecule has 5 rings (SSSR count). The Morgan fingerprint density at radius 3 is 2.48 bits per heavy atom. The number of pyridine rings is 1. The van der Waals surface area contributed by atoms with Crippen LogP contribution in [0.5, 0.6) is 5.75 Å². The first kappa shape index (κ1) is 18.4. The van der Waals surface area contributed by atoms with Crippen LogP contribution in [0.3, 0.4) is 0 Å². The van der Waals surface area contributed by atoms with Gasteiger partial charge in [0.2, 0.25) is 0 Å². The number of benzene rings is 2. The standard InChI is InChI=1S/C24H27N3O2/c1-4-21(29-22-8-10-25-11-9-22)5-2-18(1)19-3-6-23-20(17-19)7-12-26-24(23)27-13-15-28-16-14-27/h1-7,12,17,22,25H,8-11,13-16H2. The quantitative estimate of drug-likeness (QED) is 0.734. The molecule has 0 spiro atoms. The largest absolute Gasteiger partial charge is 0.490 e. The van der Waals surface area contributed by atoms with Gasteiger partial charge in [-0.05, 0) is 66.7 Å². The maximum atomic E-state index is 6.14. The van der Waals surface area contributed by atoms with Crippen molar-refractivity contribution >= 4 is 16.6 Å². The highest BCUT2D eigenvalue weighted by atomic mass is 16.5. The normalized spacial score (nSPS) is 18.1. The molecule has 0 unspecified atom stereocenters. The minimum atomic E-state index is 0.328. The van der Waals surface area contributed by atoms with E-state index in [2.05, 4.69) is 63.7 Å². The molecule has 2 fully saturated rings. The Morgan fingerprint density at radius 2 is 1.69 bits per heavy atom. The summed E-state index contributed by atoms with van der Waals surface area (Å²) in [6.07, 6.45) is 4.39. The van der Waals surface area contributed by atoms with Crippen LogP contribution < -0.4 is 15.0 Å². The number of hydrogen-bond acceptors (Lipinski definition) is 5. The van der Waals surface area contributed by atoms with Crippen molar-refractivity contribution in [2.45, 2.75) is 18.9 Å². The number of fused-ring (bicyclic) bond motifs is 1. The lowest BCUT2D eigenvalue weighted by Gasteiger charge is -2.28. The molecule has 5 heteroatoms. The summed E-state index contributed by atoms with van der Waals surface area (Å²) in [5.74, 6) is 2.02. The van der Waals surface area contributed by atoms with E-state index in [9.17, 15) is 0 Å². The highest BCUT2D eigenvalue weighted by molar-refractivity contribution is 5.95. The van der Waals surface area contributed by atoms with Crippen LogP contribution in [0.2, 0.25) is 0 Å². The van der Waals surface area contributed by atoms with E-state index in [1.165, 1.54) is 21.9 Å². The number of rotatable bonds is 4. The summed E-state index contributed by atoms with van der Waals surface area (Å²) in [6.45, 7) is 5.41. The third-order valence-electron chi connectivity index (χ3n) is 5.83. The average molecular weight is 389 g/mol. The van der Waals surface area contributed by atoms with Crippen LogP contribution in [-0.2, 0) is 4.74 Å². The Hall–Kier alpha value is -2.63. The number of nitrogens with zero attached hydrogens (tertiary/aromatic N) is 2. The van der Waals surface area contributed by atoms with Crippen molar-refractivity contribution in [3.63, 3.8) is 0 Å². The van der Waals surface area contributed by atoms with Crippen molar-refractivity contribution in [1.82, 2.24) is 10.3 Å². The fourth-order valence-electron chi connectivity index (χ4n) is 4.20. The molecule has 0 radical (unpaired) electrons. The monoisotopic (exact) mass is 389 g/mol. The van der Waals surface area contributed by atoms with E-state index in [1.807, 2.05) is 6.20 Å². The molecule has 3 aromatic rings. The zero-order valence-electron chi connectivity index (χ0n) is 16.6. The van der Waals surface area contributed by atoms with Crippen molar-refractivity contribution < 1.29 is 9.47 Å². The molecule has 29 heavy (non-hydrogen) atoms. The number of aromatic nitrogens is 1. The Morgan fingerprint density at radius 1 is 0.931 bits per heavy atom. The van der Waals surface area contributed by atoms with Gasteiger partial charge in [-0.1, -0.05) is 24.3 Å². The molecule has 2 aromatic carbocycles. The van der Waals surface area contributed by atoms with Crippen molar-refractivity contribution in [1.29, 1.82) is 0 Å². The van der Waals surface area contributed by atoms with E-state index in [1.54, 1.807) is 0 Å². The summed E-state index contributed by atoms with van der Waals surface area (Å²) in [5.41, 5.74) is 2.42. The summed E-state index contributed by atoms with van der Waals surface area (Å²) >= 11 is 0. The van der Waals surface area contributed by atoms with E-state index < -0.39 is 0 Å². The van der Waals surface area contributed by atoms with Gasteiger partial charge in [0.1, 0.15) is 17.7 Å². The summed E-state index contributed by atoms with van der Waals surface area (Å²) in [6, 6.07) is 17.2. The fourth-order valence-corrected chi connectivity index (χ4v) is 4.20. The molecule has 0 aliphatic carbocycles. The molecule has 3 heterocycles. The summed E-state index contributed by atoms with van der Waals surface area (Å²) in [4.78, 5) is 6.97. The van der Waals surface area contributed by atoms with Crippen molar-refractivity contribution in [3.8, 4) is 16.9 Å². The molecular weight excluding hydrogens is 362 g/mol. The number of morpholine rings is 1. The number of piperidine rings is 1. The Balaban J connectivity index is 1.37. The zero-order valence-corrected chi connectivity index (χ0v) is 16.6. The molecule has 1 aromatic heterocycles. The van der Waals surface area contributed by atoms with Crippen LogP contribution in [0.1, 0.15) is 12.8 Å². The summed E-state index contributed by atoms with van der Waals surface area (Å²) in [5, 5.41) is 5.79. The van der Waals surface area contributed by atoms with Crippen molar-refractivity contribution in [3.05, 3.63) is 54.7 Å². The maximum absolute atomic E-state index is 6.14. The van der Waals surface area contributed by atoms with Crippen LogP contribution in [0.25, 0.3) is 21.9 Å². The molecule has 0 atom stereocenters. The highest BCUT2D eigenvalue weighted by Gasteiger charge is 2.16. The fraction of sp³-hybridized carbons (Fsp3) is 0.375. The van der Waals surface area contributed by atoms with Crippen LogP contribution in [0.15, 0.2) is 54.7 Å². The van der Waals surface area contributed by atoms with Gasteiger partial charge in [0.05, 0.1) is 13.2 Å². The SMILES string of the molecule is c1cc2cc(-c3ccc(OC4CCNCC4)cc3)ccc2c(N2CCOCC2)n1. The van der Waals surface area contributed by atoms with Gasteiger partial charge in [-0.2, -0.15) is 0 Å². The number of ether oxygens (including phenoxy) is 2. The number of anilines is 1. The molecule has 5 nitrogen and oxygen atoms in total. The van der Waals surface area contributed by atoms with Gasteiger partial charge in [-0.15, -0.1) is 0 Å². The van der Waals surface area contributed by atoms with E-state index in [-0.39, 0.29) is 0 Å².